The Hall–Kier alpha value is -0.650. The molecule has 5 nitrogen and oxygen atoms in total. The third-order valence-corrected chi connectivity index (χ3v) is 4.05. The molecule has 2 fully saturated rings. The van der Waals surface area contributed by atoms with Gasteiger partial charge in [-0.15, -0.1) is 0 Å². The van der Waals surface area contributed by atoms with Gasteiger partial charge in [-0.3, -0.25) is 4.79 Å². The zero-order chi connectivity index (χ0) is 13.1. The number of carbonyl (C=O) groups excluding carboxylic acids is 1. The van der Waals surface area contributed by atoms with Crippen molar-refractivity contribution < 1.29 is 4.79 Å². The molecule has 2 aliphatic rings. The van der Waals surface area contributed by atoms with Gasteiger partial charge in [0, 0.05) is 25.2 Å². The first kappa shape index (κ1) is 13.8. The van der Waals surface area contributed by atoms with Gasteiger partial charge in [-0.05, 0) is 46.3 Å². The number of nitrogens with one attached hydrogen (secondary N) is 1. The summed E-state index contributed by atoms with van der Waals surface area (Å²) in [5, 5.41) is 3.34. The minimum absolute atomic E-state index is 0.199. The van der Waals surface area contributed by atoms with Crippen molar-refractivity contribution >= 4 is 5.91 Å². The van der Waals surface area contributed by atoms with E-state index in [2.05, 4.69) is 29.2 Å². The molecular formula is C13H26N4O. The van der Waals surface area contributed by atoms with Gasteiger partial charge in [0.1, 0.15) is 0 Å². The van der Waals surface area contributed by atoms with E-state index in [1.54, 1.807) is 0 Å². The lowest BCUT2D eigenvalue weighted by molar-refractivity contribution is -0.120. The maximum Gasteiger partial charge on any atom is 0.235 e. The zero-order valence-electron chi connectivity index (χ0n) is 11.6. The van der Waals surface area contributed by atoms with E-state index in [1.807, 2.05) is 0 Å². The topological polar surface area (TPSA) is 61.6 Å². The summed E-state index contributed by atoms with van der Waals surface area (Å²) in [6, 6.07) is 0.867. The number of primary amides is 1. The number of rotatable bonds is 6. The fraction of sp³-hybridized carbons (Fsp3) is 0.923. The molecule has 1 heterocycles. The summed E-state index contributed by atoms with van der Waals surface area (Å²) in [5.41, 5.74) is 5.48. The van der Waals surface area contributed by atoms with E-state index in [1.165, 1.54) is 32.2 Å². The molecule has 2 unspecified atom stereocenters. The first-order valence-electron chi connectivity index (χ1n) is 7.00. The minimum atomic E-state index is -0.224. The van der Waals surface area contributed by atoms with Gasteiger partial charge in [-0.1, -0.05) is 0 Å². The maximum atomic E-state index is 11.5. The van der Waals surface area contributed by atoms with Crippen LogP contribution in [0, 0.1) is 0 Å². The first-order valence-corrected chi connectivity index (χ1v) is 7.00. The summed E-state index contributed by atoms with van der Waals surface area (Å²) in [5.74, 6) is -0.224. The molecule has 1 amide bonds. The zero-order valence-corrected chi connectivity index (χ0v) is 11.6. The number of hydrogen-bond acceptors (Lipinski definition) is 4. The molecule has 18 heavy (non-hydrogen) atoms. The van der Waals surface area contributed by atoms with Gasteiger partial charge in [0.2, 0.25) is 5.91 Å². The second-order valence-corrected chi connectivity index (χ2v) is 5.89. The van der Waals surface area contributed by atoms with Crippen LogP contribution < -0.4 is 11.1 Å². The van der Waals surface area contributed by atoms with E-state index in [4.69, 9.17) is 5.73 Å². The Labute approximate surface area is 110 Å². The Kier molecular flexibility index (Phi) is 4.59. The first-order chi connectivity index (χ1) is 8.56. The fourth-order valence-electron chi connectivity index (χ4n) is 2.70. The lowest BCUT2D eigenvalue weighted by Crippen LogP contribution is -2.53. The Balaban J connectivity index is 1.82. The predicted octanol–water partition coefficient (Wildman–Crippen LogP) is -0.382. The summed E-state index contributed by atoms with van der Waals surface area (Å²) in [6.07, 6.45) is 4.82. The van der Waals surface area contributed by atoms with E-state index in [0.29, 0.717) is 12.1 Å². The number of carbonyl (C=O) groups is 1. The number of hydrogen-bond donors (Lipinski definition) is 2. The summed E-state index contributed by atoms with van der Waals surface area (Å²) >= 11 is 0. The highest BCUT2D eigenvalue weighted by atomic mass is 16.1. The maximum absolute atomic E-state index is 11.5. The molecule has 0 aromatic heterocycles. The van der Waals surface area contributed by atoms with Gasteiger partial charge in [0.15, 0.2) is 0 Å². The lowest BCUT2D eigenvalue weighted by Gasteiger charge is -2.37. The Morgan fingerprint density at radius 2 is 2.22 bits per heavy atom. The van der Waals surface area contributed by atoms with Crippen LogP contribution in [0.2, 0.25) is 0 Å². The molecule has 2 rings (SSSR count). The molecule has 0 bridgehead atoms. The number of nitrogens with two attached hydrogens (primary N) is 1. The second-order valence-electron chi connectivity index (χ2n) is 5.89. The van der Waals surface area contributed by atoms with Crippen molar-refractivity contribution in [3.63, 3.8) is 0 Å². The molecule has 0 aromatic rings. The van der Waals surface area contributed by atoms with E-state index in [-0.39, 0.29) is 11.9 Å². The van der Waals surface area contributed by atoms with Crippen LogP contribution in [-0.2, 0) is 4.79 Å². The molecule has 0 radical (unpaired) electrons. The normalized spacial score (nSPS) is 27.4. The molecule has 1 aliphatic heterocycles. The van der Waals surface area contributed by atoms with Crippen LogP contribution >= 0.6 is 0 Å². The standard InChI is InChI=1S/C13H26N4O/c1-16-7-3-4-11(8-16)17(2)9-12(13(14)18)15-10-5-6-10/h10-12,15H,3-9H2,1-2H3,(H2,14,18). The third kappa shape index (κ3) is 3.93. The van der Waals surface area contributed by atoms with Gasteiger partial charge in [0.25, 0.3) is 0 Å². The highest BCUT2D eigenvalue weighted by Gasteiger charge is 2.30. The number of likely N-dealkylation sites (tertiary alicyclic amines) is 1. The molecule has 1 saturated heterocycles. The van der Waals surface area contributed by atoms with Crippen LogP contribution in [0.25, 0.3) is 0 Å². The van der Waals surface area contributed by atoms with Crippen molar-refractivity contribution in [2.24, 2.45) is 5.73 Å². The number of likely N-dealkylation sites (N-methyl/N-ethyl adjacent to an activating group) is 2. The number of amides is 1. The Morgan fingerprint density at radius 3 is 2.78 bits per heavy atom. The predicted molar refractivity (Wildman–Crippen MR) is 72.3 cm³/mol. The monoisotopic (exact) mass is 254 g/mol. The molecule has 1 aliphatic carbocycles. The summed E-state index contributed by atoms with van der Waals surface area (Å²) < 4.78 is 0. The van der Waals surface area contributed by atoms with Crippen LogP contribution in [-0.4, -0.2) is 67.6 Å². The summed E-state index contributed by atoms with van der Waals surface area (Å²) in [6.45, 7) is 3.00. The Bertz CT molecular complexity index is 293. The second kappa shape index (κ2) is 5.99. The Morgan fingerprint density at radius 1 is 1.50 bits per heavy atom. The van der Waals surface area contributed by atoms with E-state index in [0.717, 1.165) is 13.1 Å². The fourth-order valence-corrected chi connectivity index (χ4v) is 2.70. The molecule has 1 saturated carbocycles. The molecule has 0 aromatic carbocycles. The van der Waals surface area contributed by atoms with Crippen molar-refractivity contribution in [1.82, 2.24) is 15.1 Å². The average molecular weight is 254 g/mol. The third-order valence-electron chi connectivity index (χ3n) is 4.05. The molecule has 104 valence electrons. The van der Waals surface area contributed by atoms with Crippen molar-refractivity contribution in [2.45, 2.75) is 43.8 Å². The molecule has 3 N–H and O–H groups in total. The van der Waals surface area contributed by atoms with Crippen molar-refractivity contribution in [3.05, 3.63) is 0 Å². The highest BCUT2D eigenvalue weighted by molar-refractivity contribution is 5.80. The SMILES string of the molecule is CN1CCCC(N(C)CC(NC2CC2)C(N)=O)C1. The van der Waals surface area contributed by atoms with Gasteiger partial charge in [0.05, 0.1) is 6.04 Å². The van der Waals surface area contributed by atoms with Gasteiger partial charge in [-0.25, -0.2) is 0 Å². The lowest BCUT2D eigenvalue weighted by atomic mass is 10.0. The molecule has 2 atom stereocenters. The van der Waals surface area contributed by atoms with Gasteiger partial charge >= 0.3 is 0 Å². The van der Waals surface area contributed by atoms with Crippen LogP contribution in [0.3, 0.4) is 0 Å². The van der Waals surface area contributed by atoms with Crippen LogP contribution in [0.1, 0.15) is 25.7 Å². The van der Waals surface area contributed by atoms with Crippen molar-refractivity contribution in [3.8, 4) is 0 Å². The molecule has 0 spiro atoms. The smallest absolute Gasteiger partial charge is 0.235 e. The van der Waals surface area contributed by atoms with Crippen LogP contribution in [0.15, 0.2) is 0 Å². The summed E-state index contributed by atoms with van der Waals surface area (Å²) in [7, 11) is 4.27. The van der Waals surface area contributed by atoms with Crippen LogP contribution in [0.4, 0.5) is 0 Å². The molecule has 5 heteroatoms. The quantitative estimate of drug-likeness (QED) is 0.678. The summed E-state index contributed by atoms with van der Waals surface area (Å²) in [4.78, 5) is 16.1. The van der Waals surface area contributed by atoms with Gasteiger partial charge in [-0.2, -0.15) is 0 Å². The minimum Gasteiger partial charge on any atom is -0.368 e. The van der Waals surface area contributed by atoms with E-state index < -0.39 is 0 Å². The van der Waals surface area contributed by atoms with Gasteiger partial charge < -0.3 is 20.9 Å². The number of piperidine rings is 1. The largest absolute Gasteiger partial charge is 0.368 e. The van der Waals surface area contributed by atoms with E-state index in [9.17, 15) is 4.79 Å². The highest BCUT2D eigenvalue weighted by Crippen LogP contribution is 2.20. The average Bonchev–Trinajstić information content (AvgIpc) is 3.12. The molecular weight excluding hydrogens is 228 g/mol. The van der Waals surface area contributed by atoms with Crippen molar-refractivity contribution in [2.75, 3.05) is 33.7 Å². The van der Waals surface area contributed by atoms with E-state index >= 15 is 0 Å². The number of nitrogens with zero attached hydrogens (tertiary/aromatic N) is 2. The van der Waals surface area contributed by atoms with Crippen molar-refractivity contribution in [1.29, 1.82) is 0 Å². The van der Waals surface area contributed by atoms with Crippen LogP contribution in [0.5, 0.6) is 0 Å².